The third-order valence-corrected chi connectivity index (χ3v) is 2.76. The van der Waals surface area contributed by atoms with Gasteiger partial charge in [0.15, 0.2) is 0 Å². The molecule has 0 fully saturated rings. The molecule has 0 saturated carbocycles. The fraction of sp³-hybridized carbons (Fsp3) is 0.273. The lowest BCUT2D eigenvalue weighted by molar-refractivity contribution is 0.618. The van der Waals surface area contributed by atoms with Crippen LogP contribution in [0.4, 0.5) is 0 Å². The van der Waals surface area contributed by atoms with E-state index < -0.39 is 0 Å². The lowest BCUT2D eigenvalue weighted by Crippen LogP contribution is -2.29. The zero-order chi connectivity index (χ0) is 11.5. The minimum atomic E-state index is -0.127. The summed E-state index contributed by atoms with van der Waals surface area (Å²) in [7, 11) is 0. The summed E-state index contributed by atoms with van der Waals surface area (Å²) >= 11 is 0. The highest BCUT2D eigenvalue weighted by atomic mass is 15.3. The molecule has 0 saturated heterocycles. The van der Waals surface area contributed by atoms with Crippen LogP contribution in [-0.4, -0.2) is 15.4 Å². The number of hydrazine groups is 1. The maximum atomic E-state index is 5.55. The van der Waals surface area contributed by atoms with E-state index in [0.717, 1.165) is 11.3 Å². The van der Waals surface area contributed by atoms with Crippen LogP contribution in [-0.2, 0) is 0 Å². The molecule has 5 heteroatoms. The number of nitrogens with one attached hydrogen (secondary N) is 2. The van der Waals surface area contributed by atoms with Gasteiger partial charge in [0.2, 0.25) is 0 Å². The van der Waals surface area contributed by atoms with E-state index in [4.69, 9.17) is 5.84 Å². The summed E-state index contributed by atoms with van der Waals surface area (Å²) in [6, 6.07) is 6.10. The van der Waals surface area contributed by atoms with Gasteiger partial charge in [0.1, 0.15) is 5.69 Å². The van der Waals surface area contributed by atoms with Gasteiger partial charge in [0.05, 0.1) is 12.2 Å². The fourth-order valence-corrected chi connectivity index (χ4v) is 1.65. The Morgan fingerprint density at radius 3 is 2.69 bits per heavy atom. The lowest BCUT2D eigenvalue weighted by atomic mass is 10.00. The van der Waals surface area contributed by atoms with Gasteiger partial charge in [-0.1, -0.05) is 18.2 Å². The SMILES string of the molecule is Cc1ccc(C(NN)c2cn[nH]n2)cc1C. The second kappa shape index (κ2) is 4.42. The van der Waals surface area contributed by atoms with E-state index in [2.05, 4.69) is 46.8 Å². The van der Waals surface area contributed by atoms with Gasteiger partial charge in [-0.25, -0.2) is 5.43 Å². The molecule has 1 aromatic carbocycles. The Morgan fingerprint density at radius 2 is 2.12 bits per heavy atom. The van der Waals surface area contributed by atoms with Crippen molar-refractivity contribution in [1.29, 1.82) is 0 Å². The highest BCUT2D eigenvalue weighted by Crippen LogP contribution is 2.21. The number of hydrogen-bond donors (Lipinski definition) is 3. The molecule has 0 radical (unpaired) electrons. The number of benzene rings is 1. The predicted molar refractivity (Wildman–Crippen MR) is 61.5 cm³/mol. The van der Waals surface area contributed by atoms with Gasteiger partial charge in [0.25, 0.3) is 0 Å². The Kier molecular flexibility index (Phi) is 2.98. The number of H-pyrrole nitrogens is 1. The Labute approximate surface area is 94.0 Å². The molecule has 4 N–H and O–H groups in total. The van der Waals surface area contributed by atoms with Crippen molar-refractivity contribution in [3.05, 3.63) is 46.8 Å². The van der Waals surface area contributed by atoms with E-state index in [-0.39, 0.29) is 6.04 Å². The van der Waals surface area contributed by atoms with Gasteiger partial charge in [-0.05, 0) is 30.5 Å². The summed E-state index contributed by atoms with van der Waals surface area (Å²) in [5.41, 5.74) is 7.11. The smallest absolute Gasteiger partial charge is 0.105 e. The number of hydrogen-bond acceptors (Lipinski definition) is 4. The summed E-state index contributed by atoms with van der Waals surface area (Å²) < 4.78 is 0. The van der Waals surface area contributed by atoms with Crippen LogP contribution in [0.1, 0.15) is 28.4 Å². The standard InChI is InChI=1S/C11H15N5/c1-7-3-4-9(5-8(7)2)11(14-12)10-6-13-16-15-10/h3-6,11,14H,12H2,1-2H3,(H,13,15,16). The zero-order valence-electron chi connectivity index (χ0n) is 9.36. The van der Waals surface area contributed by atoms with E-state index in [1.54, 1.807) is 6.20 Å². The van der Waals surface area contributed by atoms with E-state index in [0.29, 0.717) is 0 Å². The van der Waals surface area contributed by atoms with Crippen LogP contribution in [0.3, 0.4) is 0 Å². The molecule has 1 heterocycles. The van der Waals surface area contributed by atoms with Gasteiger partial charge in [-0.2, -0.15) is 15.4 Å². The Morgan fingerprint density at radius 1 is 1.31 bits per heavy atom. The highest BCUT2D eigenvalue weighted by molar-refractivity contribution is 5.34. The molecule has 2 aromatic rings. The van der Waals surface area contributed by atoms with Crippen molar-refractivity contribution < 1.29 is 0 Å². The van der Waals surface area contributed by atoms with E-state index in [1.807, 2.05) is 6.07 Å². The van der Waals surface area contributed by atoms with Crippen molar-refractivity contribution in [3.63, 3.8) is 0 Å². The Bertz CT molecular complexity index is 463. The summed E-state index contributed by atoms with van der Waals surface area (Å²) in [4.78, 5) is 0. The van der Waals surface area contributed by atoms with Crippen molar-refractivity contribution in [2.24, 2.45) is 5.84 Å². The maximum absolute atomic E-state index is 5.55. The molecule has 0 bridgehead atoms. The van der Waals surface area contributed by atoms with Crippen LogP contribution in [0.25, 0.3) is 0 Å². The van der Waals surface area contributed by atoms with Crippen LogP contribution < -0.4 is 11.3 Å². The lowest BCUT2D eigenvalue weighted by Gasteiger charge is -2.14. The molecule has 0 amide bonds. The molecule has 0 aliphatic carbocycles. The first kappa shape index (κ1) is 10.8. The minimum Gasteiger partial charge on any atom is -0.271 e. The van der Waals surface area contributed by atoms with E-state index in [9.17, 15) is 0 Å². The summed E-state index contributed by atoms with van der Waals surface area (Å²) in [6.45, 7) is 4.16. The predicted octanol–water partition coefficient (Wildman–Crippen LogP) is 0.974. The number of aryl methyl sites for hydroxylation is 2. The highest BCUT2D eigenvalue weighted by Gasteiger charge is 2.15. The Balaban J connectivity index is 2.37. The monoisotopic (exact) mass is 217 g/mol. The van der Waals surface area contributed by atoms with Crippen molar-refractivity contribution in [2.75, 3.05) is 0 Å². The molecule has 16 heavy (non-hydrogen) atoms. The van der Waals surface area contributed by atoms with Crippen molar-refractivity contribution in [2.45, 2.75) is 19.9 Å². The average molecular weight is 217 g/mol. The van der Waals surface area contributed by atoms with Gasteiger partial charge in [-0.3, -0.25) is 5.84 Å². The first-order valence-corrected chi connectivity index (χ1v) is 5.11. The maximum Gasteiger partial charge on any atom is 0.105 e. The number of nitrogens with zero attached hydrogens (tertiary/aromatic N) is 2. The van der Waals surface area contributed by atoms with Gasteiger partial charge in [-0.15, -0.1) is 0 Å². The molecule has 1 atom stereocenters. The van der Waals surface area contributed by atoms with E-state index in [1.165, 1.54) is 11.1 Å². The minimum absolute atomic E-state index is 0.127. The normalized spacial score (nSPS) is 12.7. The van der Waals surface area contributed by atoms with Crippen molar-refractivity contribution in [1.82, 2.24) is 20.8 Å². The quantitative estimate of drug-likeness (QED) is 0.529. The van der Waals surface area contributed by atoms with Crippen LogP contribution in [0, 0.1) is 13.8 Å². The van der Waals surface area contributed by atoms with Gasteiger partial charge < -0.3 is 0 Å². The second-order valence-electron chi connectivity index (χ2n) is 3.84. The number of nitrogens with two attached hydrogens (primary N) is 1. The van der Waals surface area contributed by atoms with Crippen LogP contribution in [0.2, 0.25) is 0 Å². The van der Waals surface area contributed by atoms with Crippen molar-refractivity contribution >= 4 is 0 Å². The first-order valence-electron chi connectivity index (χ1n) is 5.11. The molecular weight excluding hydrogens is 202 g/mol. The third-order valence-electron chi connectivity index (χ3n) is 2.76. The fourth-order valence-electron chi connectivity index (χ4n) is 1.65. The topological polar surface area (TPSA) is 79.6 Å². The number of aromatic nitrogens is 3. The molecule has 5 nitrogen and oxygen atoms in total. The summed E-state index contributed by atoms with van der Waals surface area (Å²) in [5, 5.41) is 10.4. The van der Waals surface area contributed by atoms with Gasteiger partial charge >= 0.3 is 0 Å². The van der Waals surface area contributed by atoms with Crippen molar-refractivity contribution in [3.8, 4) is 0 Å². The van der Waals surface area contributed by atoms with Gasteiger partial charge in [0, 0.05) is 0 Å². The molecule has 0 aliphatic rings. The van der Waals surface area contributed by atoms with Crippen LogP contribution in [0.5, 0.6) is 0 Å². The van der Waals surface area contributed by atoms with E-state index >= 15 is 0 Å². The second-order valence-corrected chi connectivity index (χ2v) is 3.84. The molecule has 1 aromatic heterocycles. The molecule has 1 unspecified atom stereocenters. The Hall–Kier alpha value is -1.72. The number of aromatic amines is 1. The molecule has 2 rings (SSSR count). The molecule has 84 valence electrons. The first-order chi connectivity index (χ1) is 7.72. The molecular formula is C11H15N5. The zero-order valence-corrected chi connectivity index (χ0v) is 9.36. The summed E-state index contributed by atoms with van der Waals surface area (Å²) in [6.07, 6.45) is 1.67. The average Bonchev–Trinajstić information content (AvgIpc) is 2.78. The number of rotatable bonds is 3. The molecule has 0 spiro atoms. The van der Waals surface area contributed by atoms with Crippen LogP contribution >= 0.6 is 0 Å². The summed E-state index contributed by atoms with van der Waals surface area (Å²) in [5.74, 6) is 5.55. The largest absolute Gasteiger partial charge is 0.271 e. The molecule has 0 aliphatic heterocycles. The third kappa shape index (κ3) is 1.95. The van der Waals surface area contributed by atoms with Crippen LogP contribution in [0.15, 0.2) is 24.4 Å².